The molecule has 1 nitrogen and oxygen atoms in total. The third-order valence-electron chi connectivity index (χ3n) is 1.63. The van der Waals surface area contributed by atoms with Crippen molar-refractivity contribution >= 4 is 5.71 Å². The summed E-state index contributed by atoms with van der Waals surface area (Å²) in [4.78, 5) is 4.21. The van der Waals surface area contributed by atoms with Gasteiger partial charge in [0.1, 0.15) is 0 Å². The molecule has 0 aromatic carbocycles. The predicted molar refractivity (Wildman–Crippen MR) is 60.3 cm³/mol. The Morgan fingerprint density at radius 3 is 2.54 bits per heavy atom. The van der Waals surface area contributed by atoms with Gasteiger partial charge in [0, 0.05) is 18.3 Å². The van der Waals surface area contributed by atoms with Crippen LogP contribution in [-0.2, 0) is 0 Å². The summed E-state index contributed by atoms with van der Waals surface area (Å²) >= 11 is 0. The third-order valence-corrected chi connectivity index (χ3v) is 1.63. The fraction of sp³-hybridized carbons (Fsp3) is 0.333. The number of allylic oxidation sites excluding steroid dienone is 3. The smallest absolute Gasteiger partial charge is 0.0394 e. The minimum absolute atomic E-state index is 0.811. The van der Waals surface area contributed by atoms with Crippen LogP contribution in [0.5, 0.6) is 0 Å². The molecule has 0 aliphatic rings. The number of hydrogen-bond donors (Lipinski definition) is 0. The Morgan fingerprint density at radius 1 is 1.46 bits per heavy atom. The number of nitrogens with zero attached hydrogens (tertiary/aromatic N) is 1. The molecule has 0 amide bonds. The SMILES string of the molecule is C=CC(=C)C(C)=C=CC(C)=NCC. The lowest BCUT2D eigenvalue weighted by molar-refractivity contribution is 1.13. The van der Waals surface area contributed by atoms with Gasteiger partial charge in [-0.3, -0.25) is 4.99 Å². The van der Waals surface area contributed by atoms with Gasteiger partial charge >= 0.3 is 0 Å². The highest BCUT2D eigenvalue weighted by Gasteiger charge is 1.87. The van der Waals surface area contributed by atoms with Crippen LogP contribution < -0.4 is 0 Å². The summed E-state index contributed by atoms with van der Waals surface area (Å²) < 4.78 is 0. The molecule has 0 N–H and O–H groups in total. The maximum atomic E-state index is 4.21. The molecule has 0 radical (unpaired) electrons. The fourth-order valence-corrected chi connectivity index (χ4v) is 0.754. The average Bonchev–Trinajstić information content (AvgIpc) is 2.13. The zero-order valence-electron chi connectivity index (χ0n) is 8.72. The summed E-state index contributed by atoms with van der Waals surface area (Å²) in [6.45, 7) is 14.2. The third kappa shape index (κ3) is 5.00. The summed E-state index contributed by atoms with van der Waals surface area (Å²) in [5, 5.41) is 0. The van der Waals surface area contributed by atoms with E-state index in [9.17, 15) is 0 Å². The second kappa shape index (κ2) is 6.22. The molecule has 0 bridgehead atoms. The molecule has 0 heterocycles. The summed E-state index contributed by atoms with van der Waals surface area (Å²) in [5.41, 5.74) is 6.00. The van der Waals surface area contributed by atoms with Crippen molar-refractivity contribution in [3.63, 3.8) is 0 Å². The quantitative estimate of drug-likeness (QED) is 0.353. The van der Waals surface area contributed by atoms with Gasteiger partial charge < -0.3 is 0 Å². The summed E-state index contributed by atoms with van der Waals surface area (Å²) in [7, 11) is 0. The maximum absolute atomic E-state index is 4.21. The minimum atomic E-state index is 0.811. The highest BCUT2D eigenvalue weighted by molar-refractivity contribution is 5.92. The first-order valence-electron chi connectivity index (χ1n) is 4.37. The van der Waals surface area contributed by atoms with Gasteiger partial charge in [0.25, 0.3) is 0 Å². The van der Waals surface area contributed by atoms with Crippen LogP contribution in [0.15, 0.2) is 47.2 Å². The van der Waals surface area contributed by atoms with Crippen LogP contribution in [0.1, 0.15) is 20.8 Å². The zero-order valence-corrected chi connectivity index (χ0v) is 8.72. The standard InChI is InChI=1S/C12H17N/c1-6-10(3)11(4)8-9-12(5)13-7-2/h6,9H,1,3,7H2,2,4-5H3. The molecule has 0 atom stereocenters. The van der Waals surface area contributed by atoms with Crippen LogP contribution in [0.3, 0.4) is 0 Å². The van der Waals surface area contributed by atoms with Crippen molar-refractivity contribution < 1.29 is 0 Å². The molecule has 0 aliphatic carbocycles. The molecule has 0 fully saturated rings. The van der Waals surface area contributed by atoms with Crippen LogP contribution >= 0.6 is 0 Å². The van der Waals surface area contributed by atoms with Gasteiger partial charge in [-0.25, -0.2) is 0 Å². The largest absolute Gasteiger partial charge is 0.290 e. The van der Waals surface area contributed by atoms with E-state index in [0.717, 1.165) is 23.4 Å². The average molecular weight is 175 g/mol. The molecule has 0 aromatic rings. The molecule has 0 aliphatic heterocycles. The van der Waals surface area contributed by atoms with E-state index < -0.39 is 0 Å². The van der Waals surface area contributed by atoms with E-state index >= 15 is 0 Å². The van der Waals surface area contributed by atoms with Crippen LogP contribution in [0.2, 0.25) is 0 Å². The zero-order chi connectivity index (χ0) is 10.3. The van der Waals surface area contributed by atoms with E-state index in [-0.39, 0.29) is 0 Å². The lowest BCUT2D eigenvalue weighted by Gasteiger charge is -1.93. The molecule has 70 valence electrons. The monoisotopic (exact) mass is 175 g/mol. The van der Waals surface area contributed by atoms with Crippen molar-refractivity contribution in [2.24, 2.45) is 4.99 Å². The Morgan fingerprint density at radius 2 is 2.08 bits per heavy atom. The molecule has 0 aromatic heterocycles. The van der Waals surface area contributed by atoms with Gasteiger partial charge in [-0.15, -0.1) is 5.73 Å². The van der Waals surface area contributed by atoms with Crippen molar-refractivity contribution in [1.29, 1.82) is 0 Å². The molecule has 0 rings (SSSR count). The first-order valence-corrected chi connectivity index (χ1v) is 4.37. The highest BCUT2D eigenvalue weighted by atomic mass is 14.7. The van der Waals surface area contributed by atoms with Gasteiger partial charge in [-0.05, 0) is 31.9 Å². The van der Waals surface area contributed by atoms with Crippen LogP contribution in [0.4, 0.5) is 0 Å². The van der Waals surface area contributed by atoms with Crippen molar-refractivity contribution in [3.8, 4) is 0 Å². The van der Waals surface area contributed by atoms with E-state index in [2.05, 4.69) is 23.9 Å². The molecule has 13 heavy (non-hydrogen) atoms. The van der Waals surface area contributed by atoms with Crippen molar-refractivity contribution in [1.82, 2.24) is 0 Å². The van der Waals surface area contributed by atoms with Crippen molar-refractivity contribution in [2.45, 2.75) is 20.8 Å². The van der Waals surface area contributed by atoms with Gasteiger partial charge in [0.15, 0.2) is 0 Å². The summed E-state index contributed by atoms with van der Waals surface area (Å²) in [6.07, 6.45) is 3.59. The van der Waals surface area contributed by atoms with Crippen LogP contribution in [-0.4, -0.2) is 12.3 Å². The molecule has 0 unspecified atom stereocenters. The van der Waals surface area contributed by atoms with Crippen molar-refractivity contribution in [2.75, 3.05) is 6.54 Å². The van der Waals surface area contributed by atoms with Gasteiger partial charge in [0.05, 0.1) is 0 Å². The molecular formula is C12H17N. The number of rotatable bonds is 4. The topological polar surface area (TPSA) is 12.4 Å². The molecular weight excluding hydrogens is 158 g/mol. The second-order valence-electron chi connectivity index (χ2n) is 2.76. The Hall–Kier alpha value is -1.33. The highest BCUT2D eigenvalue weighted by Crippen LogP contribution is 2.04. The summed E-state index contributed by atoms with van der Waals surface area (Å²) in [6, 6.07) is 0. The van der Waals surface area contributed by atoms with E-state index in [1.165, 1.54) is 0 Å². The molecule has 0 saturated carbocycles. The lowest BCUT2D eigenvalue weighted by Crippen LogP contribution is -1.84. The maximum Gasteiger partial charge on any atom is 0.0394 e. The van der Waals surface area contributed by atoms with Crippen LogP contribution in [0.25, 0.3) is 0 Å². The van der Waals surface area contributed by atoms with Crippen LogP contribution in [0, 0.1) is 0 Å². The van der Waals surface area contributed by atoms with E-state index in [1.807, 2.05) is 26.8 Å². The molecule has 1 heteroatoms. The summed E-state index contributed by atoms with van der Waals surface area (Å²) in [5.74, 6) is 0. The first-order chi connectivity index (χ1) is 6.11. The second-order valence-corrected chi connectivity index (χ2v) is 2.76. The Labute approximate surface area is 80.9 Å². The Kier molecular flexibility index (Phi) is 5.58. The fourth-order valence-electron chi connectivity index (χ4n) is 0.754. The van der Waals surface area contributed by atoms with E-state index in [1.54, 1.807) is 6.08 Å². The minimum Gasteiger partial charge on any atom is -0.290 e. The van der Waals surface area contributed by atoms with Gasteiger partial charge in [-0.1, -0.05) is 19.2 Å². The van der Waals surface area contributed by atoms with E-state index in [4.69, 9.17) is 0 Å². The predicted octanol–water partition coefficient (Wildman–Crippen LogP) is 3.31. The number of hydrogen-bond acceptors (Lipinski definition) is 1. The van der Waals surface area contributed by atoms with Crippen molar-refractivity contribution in [3.05, 3.63) is 42.2 Å². The molecule has 0 saturated heterocycles. The Bertz CT molecular complexity index is 286. The molecule has 0 spiro atoms. The number of aliphatic imine (C=N–C) groups is 1. The normalized spacial score (nSPS) is 10.2. The van der Waals surface area contributed by atoms with Gasteiger partial charge in [0.2, 0.25) is 0 Å². The lowest BCUT2D eigenvalue weighted by atomic mass is 10.1. The first kappa shape index (κ1) is 11.7. The van der Waals surface area contributed by atoms with Gasteiger partial charge in [-0.2, -0.15) is 0 Å². The van der Waals surface area contributed by atoms with E-state index in [0.29, 0.717) is 0 Å². The Balaban J connectivity index is 4.63.